The molecular weight excluding hydrogens is 274 g/mol. The Hall–Kier alpha value is -1.55. The Balaban J connectivity index is 2.15. The number of rotatable bonds is 5. The second-order valence-corrected chi connectivity index (χ2v) is 5.26. The Morgan fingerprint density at radius 3 is 2.50 bits per heavy atom. The Bertz CT molecular complexity index is 570. The van der Waals surface area contributed by atoms with Gasteiger partial charge in [0.2, 0.25) is 0 Å². The number of halogens is 1. The third kappa shape index (κ3) is 3.31. The highest BCUT2D eigenvalue weighted by atomic mass is 35.5. The summed E-state index contributed by atoms with van der Waals surface area (Å²) in [5.41, 5.74) is 6.15. The monoisotopic (exact) mass is 291 g/mol. The second-order valence-electron chi connectivity index (χ2n) is 4.85. The summed E-state index contributed by atoms with van der Waals surface area (Å²) < 4.78 is 5.71. The summed E-state index contributed by atoms with van der Waals surface area (Å²) in [6, 6.07) is 14.8. The van der Waals surface area contributed by atoms with Crippen LogP contribution in [0.25, 0.3) is 0 Å². The van der Waals surface area contributed by atoms with Gasteiger partial charge in [-0.25, -0.2) is 0 Å². The molecule has 106 valence electrons. The van der Waals surface area contributed by atoms with E-state index in [0.29, 0.717) is 17.3 Å². The molecule has 0 spiro atoms. The number of hydrogen-bond acceptors (Lipinski definition) is 3. The fraction of sp³-hybridized carbons (Fsp3) is 0.250. The Kier molecular flexibility index (Phi) is 4.65. The van der Waals surface area contributed by atoms with Crippen molar-refractivity contribution in [2.75, 3.05) is 6.61 Å². The lowest BCUT2D eigenvalue weighted by molar-refractivity contribution is 0.00731. The molecular formula is C16H18ClNO2. The van der Waals surface area contributed by atoms with E-state index in [-0.39, 0.29) is 6.61 Å². The van der Waals surface area contributed by atoms with Crippen LogP contribution in [0.4, 0.5) is 0 Å². The van der Waals surface area contributed by atoms with Gasteiger partial charge in [-0.15, -0.1) is 0 Å². The van der Waals surface area contributed by atoms with Crippen molar-refractivity contribution in [3.63, 3.8) is 0 Å². The van der Waals surface area contributed by atoms with Gasteiger partial charge in [0.1, 0.15) is 18.0 Å². The first-order valence-corrected chi connectivity index (χ1v) is 6.80. The zero-order chi connectivity index (χ0) is 14.6. The van der Waals surface area contributed by atoms with E-state index in [0.717, 1.165) is 11.1 Å². The summed E-state index contributed by atoms with van der Waals surface area (Å²) in [5.74, 6) is 0.608. The van der Waals surface area contributed by atoms with Gasteiger partial charge >= 0.3 is 0 Å². The van der Waals surface area contributed by atoms with E-state index >= 15 is 0 Å². The molecule has 0 aliphatic heterocycles. The molecule has 1 atom stereocenters. The third-order valence-corrected chi connectivity index (χ3v) is 3.54. The molecule has 1 unspecified atom stereocenters. The molecule has 2 rings (SSSR count). The standard InChI is InChI=1S/C16H18ClNO2/c1-16(19,12-6-3-2-4-7-12)11-20-15-9-5-8-14(17)13(15)10-18/h2-9,19H,10-11,18H2,1H3. The van der Waals surface area contributed by atoms with Crippen LogP contribution < -0.4 is 10.5 Å². The van der Waals surface area contributed by atoms with Crippen molar-refractivity contribution in [2.24, 2.45) is 5.73 Å². The van der Waals surface area contributed by atoms with Crippen molar-refractivity contribution in [2.45, 2.75) is 19.1 Å². The molecule has 0 aromatic heterocycles. The largest absolute Gasteiger partial charge is 0.490 e. The maximum atomic E-state index is 10.5. The van der Waals surface area contributed by atoms with Crippen molar-refractivity contribution in [1.29, 1.82) is 0 Å². The predicted molar refractivity (Wildman–Crippen MR) is 80.9 cm³/mol. The van der Waals surface area contributed by atoms with Gasteiger partial charge in [0, 0.05) is 17.1 Å². The molecule has 0 heterocycles. The van der Waals surface area contributed by atoms with Crippen LogP contribution in [-0.4, -0.2) is 11.7 Å². The first kappa shape index (κ1) is 14.9. The first-order valence-electron chi connectivity index (χ1n) is 6.43. The van der Waals surface area contributed by atoms with Crippen LogP contribution in [0.2, 0.25) is 5.02 Å². The average molecular weight is 292 g/mol. The highest BCUT2D eigenvalue weighted by Gasteiger charge is 2.24. The number of hydrogen-bond donors (Lipinski definition) is 2. The van der Waals surface area contributed by atoms with Gasteiger partial charge in [-0.3, -0.25) is 0 Å². The van der Waals surface area contributed by atoms with Crippen LogP contribution in [0.1, 0.15) is 18.1 Å². The van der Waals surface area contributed by atoms with Gasteiger partial charge in [-0.1, -0.05) is 48.0 Å². The number of ether oxygens (including phenoxy) is 1. The summed E-state index contributed by atoms with van der Waals surface area (Å²) in [6.45, 7) is 2.14. The van der Waals surface area contributed by atoms with E-state index < -0.39 is 5.60 Å². The quantitative estimate of drug-likeness (QED) is 0.890. The molecule has 0 saturated heterocycles. The minimum absolute atomic E-state index is 0.129. The molecule has 0 fully saturated rings. The zero-order valence-electron chi connectivity index (χ0n) is 11.3. The molecule has 0 radical (unpaired) electrons. The second kappa shape index (κ2) is 6.27. The van der Waals surface area contributed by atoms with Crippen molar-refractivity contribution in [1.82, 2.24) is 0 Å². The molecule has 4 heteroatoms. The number of nitrogens with two attached hydrogens (primary N) is 1. The van der Waals surface area contributed by atoms with Crippen LogP contribution in [-0.2, 0) is 12.1 Å². The molecule has 2 aromatic rings. The lowest BCUT2D eigenvalue weighted by atomic mass is 9.97. The predicted octanol–water partition coefficient (Wildman–Crippen LogP) is 3.09. The van der Waals surface area contributed by atoms with Gasteiger partial charge < -0.3 is 15.6 Å². The van der Waals surface area contributed by atoms with E-state index in [1.165, 1.54) is 0 Å². The molecule has 3 N–H and O–H groups in total. The SMILES string of the molecule is CC(O)(COc1cccc(Cl)c1CN)c1ccccc1. The highest BCUT2D eigenvalue weighted by Crippen LogP contribution is 2.28. The number of aliphatic hydroxyl groups is 1. The Morgan fingerprint density at radius 2 is 1.85 bits per heavy atom. The highest BCUT2D eigenvalue weighted by molar-refractivity contribution is 6.31. The normalized spacial score (nSPS) is 13.8. The van der Waals surface area contributed by atoms with Crippen molar-refractivity contribution in [3.8, 4) is 5.75 Å². The lowest BCUT2D eigenvalue weighted by Crippen LogP contribution is -2.29. The summed E-state index contributed by atoms with van der Waals surface area (Å²) in [4.78, 5) is 0. The number of benzene rings is 2. The summed E-state index contributed by atoms with van der Waals surface area (Å²) in [5, 5.41) is 11.1. The summed E-state index contributed by atoms with van der Waals surface area (Å²) in [7, 11) is 0. The zero-order valence-corrected chi connectivity index (χ0v) is 12.1. The Labute approximate surface area is 123 Å². The van der Waals surface area contributed by atoms with Crippen molar-refractivity contribution < 1.29 is 9.84 Å². The molecule has 0 saturated carbocycles. The molecule has 0 aliphatic rings. The van der Waals surface area contributed by atoms with Crippen LogP contribution in [0.5, 0.6) is 5.75 Å². The maximum Gasteiger partial charge on any atom is 0.125 e. The Morgan fingerprint density at radius 1 is 1.15 bits per heavy atom. The topological polar surface area (TPSA) is 55.5 Å². The van der Waals surface area contributed by atoms with E-state index in [2.05, 4.69) is 0 Å². The van der Waals surface area contributed by atoms with Crippen LogP contribution in [0.3, 0.4) is 0 Å². The minimum atomic E-state index is -1.07. The van der Waals surface area contributed by atoms with E-state index in [4.69, 9.17) is 22.1 Å². The molecule has 20 heavy (non-hydrogen) atoms. The van der Waals surface area contributed by atoms with Gasteiger partial charge in [-0.2, -0.15) is 0 Å². The molecule has 0 aliphatic carbocycles. The summed E-state index contributed by atoms with van der Waals surface area (Å²) in [6.07, 6.45) is 0. The molecule has 0 amide bonds. The van der Waals surface area contributed by atoms with E-state index in [1.807, 2.05) is 30.3 Å². The van der Waals surface area contributed by atoms with Crippen molar-refractivity contribution >= 4 is 11.6 Å². The lowest BCUT2D eigenvalue weighted by Gasteiger charge is -2.24. The maximum absolute atomic E-state index is 10.5. The molecule has 0 bridgehead atoms. The van der Waals surface area contributed by atoms with Crippen LogP contribution in [0, 0.1) is 0 Å². The van der Waals surface area contributed by atoms with Gasteiger partial charge in [-0.05, 0) is 24.6 Å². The first-order chi connectivity index (χ1) is 9.54. The van der Waals surface area contributed by atoms with Crippen molar-refractivity contribution in [3.05, 3.63) is 64.7 Å². The van der Waals surface area contributed by atoms with Crippen LogP contribution >= 0.6 is 11.6 Å². The van der Waals surface area contributed by atoms with Gasteiger partial charge in [0.05, 0.1) is 0 Å². The fourth-order valence-corrected chi connectivity index (χ4v) is 2.21. The van der Waals surface area contributed by atoms with E-state index in [9.17, 15) is 5.11 Å². The fourth-order valence-electron chi connectivity index (χ4n) is 1.97. The van der Waals surface area contributed by atoms with Gasteiger partial charge in [0.15, 0.2) is 0 Å². The van der Waals surface area contributed by atoms with Crippen LogP contribution in [0.15, 0.2) is 48.5 Å². The van der Waals surface area contributed by atoms with Gasteiger partial charge in [0.25, 0.3) is 0 Å². The molecule has 2 aromatic carbocycles. The smallest absolute Gasteiger partial charge is 0.125 e. The minimum Gasteiger partial charge on any atom is -0.490 e. The third-order valence-electron chi connectivity index (χ3n) is 3.18. The summed E-state index contributed by atoms with van der Waals surface area (Å²) >= 11 is 6.07. The van der Waals surface area contributed by atoms with E-state index in [1.54, 1.807) is 25.1 Å². The molecule has 3 nitrogen and oxygen atoms in total. The average Bonchev–Trinajstić information content (AvgIpc) is 2.46.